The van der Waals surface area contributed by atoms with Crippen molar-refractivity contribution in [3.05, 3.63) is 51.6 Å². The van der Waals surface area contributed by atoms with E-state index in [0.29, 0.717) is 10.6 Å². The van der Waals surface area contributed by atoms with Crippen LogP contribution in [0.1, 0.15) is 38.2 Å². The van der Waals surface area contributed by atoms with Gasteiger partial charge in [-0.2, -0.15) is 4.31 Å². The van der Waals surface area contributed by atoms with E-state index in [0.717, 1.165) is 27.8 Å². The number of rotatable bonds is 4. The second-order valence-corrected chi connectivity index (χ2v) is 9.91. The Balaban J connectivity index is 1.82. The molecule has 0 unspecified atom stereocenters. The number of benzene rings is 2. The van der Waals surface area contributed by atoms with E-state index in [1.807, 2.05) is 34.6 Å². The molecule has 0 bridgehead atoms. The van der Waals surface area contributed by atoms with Crippen LogP contribution in [-0.2, 0) is 10.0 Å². The van der Waals surface area contributed by atoms with Gasteiger partial charge in [-0.15, -0.1) is 0 Å². The number of piperazine rings is 1. The highest BCUT2D eigenvalue weighted by atomic mass is 32.2. The number of hydrogen-bond donors (Lipinski definition) is 1. The third-order valence-electron chi connectivity index (χ3n) is 6.49. The maximum absolute atomic E-state index is 13.5. The molecule has 0 atom stereocenters. The molecule has 0 spiro atoms. The van der Waals surface area contributed by atoms with Crippen molar-refractivity contribution in [2.75, 3.05) is 33.3 Å². The standard InChI is InChI=1S/C23H30N2O5S/c1-14-15(2)17(4)22(18(5)16(14)3)31(28,29)25-11-9-24(10-12-25)23(27)20-8-7-19(30-6)13-21(20)26/h7-8,13,26H,9-12H2,1-6H3. The van der Waals surface area contributed by atoms with Gasteiger partial charge in [-0.3, -0.25) is 4.79 Å². The van der Waals surface area contributed by atoms with Crippen molar-refractivity contribution in [1.82, 2.24) is 9.21 Å². The first-order valence-corrected chi connectivity index (χ1v) is 11.7. The van der Waals surface area contributed by atoms with Crippen LogP contribution in [0.25, 0.3) is 0 Å². The van der Waals surface area contributed by atoms with Gasteiger partial charge >= 0.3 is 0 Å². The number of ether oxygens (including phenoxy) is 1. The van der Waals surface area contributed by atoms with Crippen LogP contribution in [0, 0.1) is 34.6 Å². The Bertz CT molecular complexity index is 1100. The molecule has 1 fully saturated rings. The van der Waals surface area contributed by atoms with Crippen LogP contribution in [0.2, 0.25) is 0 Å². The number of aromatic hydroxyl groups is 1. The van der Waals surface area contributed by atoms with E-state index < -0.39 is 10.0 Å². The maximum atomic E-state index is 13.5. The lowest BCUT2D eigenvalue weighted by Crippen LogP contribution is -2.50. The highest BCUT2D eigenvalue weighted by Gasteiger charge is 2.34. The van der Waals surface area contributed by atoms with E-state index >= 15 is 0 Å². The molecule has 1 amide bonds. The molecule has 168 valence electrons. The van der Waals surface area contributed by atoms with Crippen molar-refractivity contribution in [3.8, 4) is 11.5 Å². The predicted molar refractivity (Wildman–Crippen MR) is 119 cm³/mol. The van der Waals surface area contributed by atoms with Crippen LogP contribution in [0.5, 0.6) is 11.5 Å². The summed E-state index contributed by atoms with van der Waals surface area (Å²) in [5.74, 6) is -0.0257. The van der Waals surface area contributed by atoms with Gasteiger partial charge < -0.3 is 14.7 Å². The van der Waals surface area contributed by atoms with E-state index in [9.17, 15) is 18.3 Å². The number of carbonyl (C=O) groups is 1. The molecule has 1 aliphatic heterocycles. The zero-order valence-electron chi connectivity index (χ0n) is 18.9. The first-order valence-electron chi connectivity index (χ1n) is 10.2. The summed E-state index contributed by atoms with van der Waals surface area (Å²) < 4.78 is 33.5. The fourth-order valence-electron chi connectivity index (χ4n) is 4.10. The van der Waals surface area contributed by atoms with Crippen molar-refractivity contribution in [2.24, 2.45) is 0 Å². The molecule has 2 aromatic carbocycles. The molecule has 0 radical (unpaired) electrons. The molecule has 0 saturated carbocycles. The number of methoxy groups -OCH3 is 1. The molecule has 1 saturated heterocycles. The molecule has 8 heteroatoms. The molecule has 1 N–H and O–H groups in total. The number of hydrogen-bond acceptors (Lipinski definition) is 5. The first-order chi connectivity index (χ1) is 14.5. The molecule has 31 heavy (non-hydrogen) atoms. The summed E-state index contributed by atoms with van der Waals surface area (Å²) in [6.45, 7) is 10.5. The van der Waals surface area contributed by atoms with Gasteiger partial charge in [-0.05, 0) is 74.6 Å². The van der Waals surface area contributed by atoms with E-state index in [1.165, 1.54) is 23.5 Å². The van der Waals surface area contributed by atoms with Crippen LogP contribution in [0.4, 0.5) is 0 Å². The summed E-state index contributed by atoms with van der Waals surface area (Å²) in [5, 5.41) is 10.2. The molecule has 7 nitrogen and oxygen atoms in total. The monoisotopic (exact) mass is 446 g/mol. The largest absolute Gasteiger partial charge is 0.507 e. The van der Waals surface area contributed by atoms with E-state index in [-0.39, 0.29) is 43.4 Å². The lowest BCUT2D eigenvalue weighted by atomic mass is 9.95. The third-order valence-corrected chi connectivity index (χ3v) is 8.66. The molecular formula is C23H30N2O5S. The Morgan fingerprint density at radius 2 is 1.42 bits per heavy atom. The fourth-order valence-corrected chi connectivity index (χ4v) is 6.09. The van der Waals surface area contributed by atoms with Gasteiger partial charge in [0.05, 0.1) is 17.6 Å². The van der Waals surface area contributed by atoms with Gasteiger partial charge in [0.2, 0.25) is 10.0 Å². The average Bonchev–Trinajstić information content (AvgIpc) is 2.75. The minimum absolute atomic E-state index is 0.156. The summed E-state index contributed by atoms with van der Waals surface area (Å²) in [6.07, 6.45) is 0. The van der Waals surface area contributed by atoms with E-state index in [2.05, 4.69) is 0 Å². The SMILES string of the molecule is COc1ccc(C(=O)N2CCN(S(=O)(=O)c3c(C)c(C)c(C)c(C)c3C)CC2)c(O)c1. The Kier molecular flexibility index (Phi) is 6.34. The third kappa shape index (κ3) is 4.02. The fraction of sp³-hybridized carbons (Fsp3) is 0.435. The van der Waals surface area contributed by atoms with Gasteiger partial charge in [-0.1, -0.05) is 0 Å². The van der Waals surface area contributed by atoms with Crippen molar-refractivity contribution < 1.29 is 23.1 Å². The summed E-state index contributed by atoms with van der Waals surface area (Å²) in [7, 11) is -2.20. The molecule has 1 heterocycles. The zero-order valence-corrected chi connectivity index (χ0v) is 19.8. The summed E-state index contributed by atoms with van der Waals surface area (Å²) in [5.41, 5.74) is 4.83. The van der Waals surface area contributed by atoms with Gasteiger partial charge in [0, 0.05) is 32.2 Å². The number of carbonyl (C=O) groups excluding carboxylic acids is 1. The van der Waals surface area contributed by atoms with Crippen LogP contribution in [0.15, 0.2) is 23.1 Å². The minimum Gasteiger partial charge on any atom is -0.507 e. The smallest absolute Gasteiger partial charge is 0.257 e. The molecule has 1 aliphatic rings. The Morgan fingerprint density at radius 1 is 0.903 bits per heavy atom. The summed E-state index contributed by atoms with van der Waals surface area (Å²) in [4.78, 5) is 14.8. The highest BCUT2D eigenvalue weighted by molar-refractivity contribution is 7.89. The summed E-state index contributed by atoms with van der Waals surface area (Å²) in [6, 6.07) is 4.52. The number of amides is 1. The van der Waals surface area contributed by atoms with E-state index in [4.69, 9.17) is 4.74 Å². The average molecular weight is 447 g/mol. The van der Waals surface area contributed by atoms with Crippen LogP contribution in [0.3, 0.4) is 0 Å². The van der Waals surface area contributed by atoms with Crippen LogP contribution in [-0.4, -0.2) is 61.9 Å². The van der Waals surface area contributed by atoms with Gasteiger partial charge in [0.1, 0.15) is 11.5 Å². The maximum Gasteiger partial charge on any atom is 0.257 e. The van der Waals surface area contributed by atoms with Crippen molar-refractivity contribution in [1.29, 1.82) is 0 Å². The Morgan fingerprint density at radius 3 is 1.90 bits per heavy atom. The number of sulfonamides is 1. The highest BCUT2D eigenvalue weighted by Crippen LogP contribution is 2.32. The zero-order chi connectivity index (χ0) is 23.1. The van der Waals surface area contributed by atoms with E-state index in [1.54, 1.807) is 11.0 Å². The first kappa shape index (κ1) is 23.1. The number of nitrogens with zero attached hydrogens (tertiary/aromatic N) is 2. The molecule has 0 aliphatic carbocycles. The topological polar surface area (TPSA) is 87.2 Å². The van der Waals surface area contributed by atoms with Crippen LogP contribution < -0.4 is 4.74 Å². The van der Waals surface area contributed by atoms with Gasteiger partial charge in [0.15, 0.2) is 0 Å². The second-order valence-electron chi connectivity index (χ2n) is 8.03. The lowest BCUT2D eigenvalue weighted by molar-refractivity contribution is 0.0694. The number of phenolic OH excluding ortho intramolecular Hbond substituents is 1. The molecular weight excluding hydrogens is 416 g/mol. The quantitative estimate of drug-likeness (QED) is 0.780. The van der Waals surface area contributed by atoms with Gasteiger partial charge in [-0.25, -0.2) is 8.42 Å². The van der Waals surface area contributed by atoms with Gasteiger partial charge in [0.25, 0.3) is 5.91 Å². The van der Waals surface area contributed by atoms with Crippen molar-refractivity contribution >= 4 is 15.9 Å². The van der Waals surface area contributed by atoms with Crippen molar-refractivity contribution in [2.45, 2.75) is 39.5 Å². The molecule has 3 rings (SSSR count). The predicted octanol–water partition coefficient (Wildman–Crippen LogP) is 3.09. The Labute approximate surface area is 184 Å². The normalized spacial score (nSPS) is 15.2. The molecule has 0 aromatic heterocycles. The summed E-state index contributed by atoms with van der Waals surface area (Å²) >= 11 is 0. The van der Waals surface area contributed by atoms with Crippen molar-refractivity contribution in [3.63, 3.8) is 0 Å². The van der Waals surface area contributed by atoms with Crippen LogP contribution >= 0.6 is 0 Å². The second kappa shape index (κ2) is 8.51. The minimum atomic E-state index is -3.69. The molecule has 2 aromatic rings. The number of phenols is 1. The lowest BCUT2D eigenvalue weighted by Gasteiger charge is -2.35. The Hall–Kier alpha value is -2.58.